The predicted molar refractivity (Wildman–Crippen MR) is 118 cm³/mol. The summed E-state index contributed by atoms with van der Waals surface area (Å²) < 4.78 is 5.91. The number of hydrazone groups is 1. The fourth-order valence-corrected chi connectivity index (χ4v) is 3.75. The molecule has 0 atom stereocenters. The summed E-state index contributed by atoms with van der Waals surface area (Å²) in [5.74, 6) is 0.807. The van der Waals surface area contributed by atoms with Gasteiger partial charge in [0.05, 0.1) is 5.71 Å². The van der Waals surface area contributed by atoms with E-state index in [1.807, 2.05) is 51.1 Å². The second-order valence-corrected chi connectivity index (χ2v) is 7.70. The van der Waals surface area contributed by atoms with Crippen molar-refractivity contribution in [3.05, 3.63) is 81.9 Å². The Morgan fingerprint density at radius 1 is 1.03 bits per heavy atom. The molecule has 0 aliphatic heterocycles. The molecule has 0 fully saturated rings. The van der Waals surface area contributed by atoms with E-state index in [4.69, 9.17) is 4.42 Å². The number of nitrogens with zero attached hydrogens (tertiary/aromatic N) is 2. The number of furan rings is 1. The number of anilines is 1. The van der Waals surface area contributed by atoms with Crippen LogP contribution in [0, 0.1) is 20.8 Å². The Kier molecular flexibility index (Phi) is 5.66. The number of benzene rings is 1. The molecule has 4 rings (SSSR count). The second kappa shape index (κ2) is 8.55. The van der Waals surface area contributed by atoms with Gasteiger partial charge in [-0.05, 0) is 57.9 Å². The molecule has 7 nitrogen and oxygen atoms in total. The van der Waals surface area contributed by atoms with E-state index in [0.29, 0.717) is 23.4 Å². The molecule has 2 amide bonds. The molecule has 0 saturated carbocycles. The summed E-state index contributed by atoms with van der Waals surface area (Å²) in [5.41, 5.74) is 7.25. The third kappa shape index (κ3) is 4.40. The minimum absolute atomic E-state index is 0.243. The highest BCUT2D eigenvalue weighted by Crippen LogP contribution is 2.30. The zero-order valence-electron chi connectivity index (χ0n) is 17.8. The summed E-state index contributed by atoms with van der Waals surface area (Å²) in [6, 6.07) is 12.8. The van der Waals surface area contributed by atoms with Gasteiger partial charge >= 0.3 is 0 Å². The third-order valence-electron chi connectivity index (χ3n) is 5.23. The highest BCUT2D eigenvalue weighted by molar-refractivity contribution is 6.09. The highest BCUT2D eigenvalue weighted by Gasteiger charge is 2.28. The maximum Gasteiger partial charge on any atom is 0.292 e. The van der Waals surface area contributed by atoms with Crippen molar-refractivity contribution >= 4 is 23.3 Å². The minimum Gasteiger partial charge on any atom is -0.455 e. The molecule has 2 N–H and O–H groups in total. The van der Waals surface area contributed by atoms with Crippen LogP contribution in [0.4, 0.5) is 5.82 Å². The molecule has 158 valence electrons. The molecular weight excluding hydrogens is 392 g/mol. The SMILES string of the molecule is Cc1cccc(C(=O)N/N=C2\CCCc3oc(C(=O)Nc4cccc(C)n4)c(C)c32)c1. The minimum atomic E-state index is -0.354. The van der Waals surface area contributed by atoms with Gasteiger partial charge in [-0.15, -0.1) is 0 Å². The van der Waals surface area contributed by atoms with Crippen LogP contribution in [0.5, 0.6) is 0 Å². The summed E-state index contributed by atoms with van der Waals surface area (Å²) in [6.45, 7) is 5.63. The summed E-state index contributed by atoms with van der Waals surface area (Å²) in [7, 11) is 0. The first kappa shape index (κ1) is 20.5. The van der Waals surface area contributed by atoms with Crippen molar-refractivity contribution in [1.82, 2.24) is 10.4 Å². The number of nitrogens with one attached hydrogen (secondary N) is 2. The first-order valence-corrected chi connectivity index (χ1v) is 10.2. The van der Waals surface area contributed by atoms with E-state index in [0.717, 1.165) is 41.1 Å². The summed E-state index contributed by atoms with van der Waals surface area (Å²) in [6.07, 6.45) is 2.25. The number of pyridine rings is 1. The second-order valence-electron chi connectivity index (χ2n) is 7.70. The van der Waals surface area contributed by atoms with Gasteiger partial charge < -0.3 is 9.73 Å². The Morgan fingerprint density at radius 3 is 2.61 bits per heavy atom. The monoisotopic (exact) mass is 416 g/mol. The fourth-order valence-electron chi connectivity index (χ4n) is 3.75. The molecule has 2 heterocycles. The van der Waals surface area contributed by atoms with E-state index in [2.05, 4.69) is 20.8 Å². The number of rotatable bonds is 4. The lowest BCUT2D eigenvalue weighted by Crippen LogP contribution is -2.22. The quantitative estimate of drug-likeness (QED) is 0.619. The molecule has 31 heavy (non-hydrogen) atoms. The van der Waals surface area contributed by atoms with Gasteiger partial charge in [0.15, 0.2) is 5.76 Å². The molecule has 0 spiro atoms. The Morgan fingerprint density at radius 2 is 1.84 bits per heavy atom. The van der Waals surface area contributed by atoms with Crippen LogP contribution >= 0.6 is 0 Å². The van der Waals surface area contributed by atoms with Gasteiger partial charge in [-0.1, -0.05) is 23.8 Å². The van der Waals surface area contributed by atoms with Crippen molar-refractivity contribution in [2.24, 2.45) is 5.10 Å². The number of carbonyl (C=O) groups excluding carboxylic acids is 2. The number of fused-ring (bicyclic) bond motifs is 1. The van der Waals surface area contributed by atoms with Crippen molar-refractivity contribution in [1.29, 1.82) is 0 Å². The lowest BCUT2D eigenvalue weighted by atomic mass is 9.93. The van der Waals surface area contributed by atoms with E-state index in [9.17, 15) is 9.59 Å². The van der Waals surface area contributed by atoms with Crippen molar-refractivity contribution in [3.8, 4) is 0 Å². The third-order valence-corrected chi connectivity index (χ3v) is 5.23. The molecular formula is C24H24N4O3. The first-order valence-electron chi connectivity index (χ1n) is 10.2. The maximum absolute atomic E-state index is 12.8. The van der Waals surface area contributed by atoms with Gasteiger partial charge in [0.1, 0.15) is 11.6 Å². The maximum atomic E-state index is 12.8. The number of carbonyl (C=O) groups is 2. The van der Waals surface area contributed by atoms with E-state index in [1.54, 1.807) is 12.1 Å². The summed E-state index contributed by atoms with van der Waals surface area (Å²) in [4.78, 5) is 29.6. The predicted octanol–water partition coefficient (Wildman–Crippen LogP) is 4.32. The molecule has 0 saturated heterocycles. The topological polar surface area (TPSA) is 96.6 Å². The van der Waals surface area contributed by atoms with Crippen molar-refractivity contribution < 1.29 is 14.0 Å². The van der Waals surface area contributed by atoms with Gasteiger partial charge in [0.2, 0.25) is 0 Å². The number of hydrogen-bond acceptors (Lipinski definition) is 5. The molecule has 1 aliphatic carbocycles. The van der Waals surface area contributed by atoms with E-state index >= 15 is 0 Å². The Hall–Kier alpha value is -3.74. The lowest BCUT2D eigenvalue weighted by molar-refractivity contribution is 0.0953. The zero-order chi connectivity index (χ0) is 22.0. The lowest BCUT2D eigenvalue weighted by Gasteiger charge is -2.13. The van der Waals surface area contributed by atoms with Gasteiger partial charge in [-0.3, -0.25) is 9.59 Å². The standard InChI is InChI=1S/C24H24N4O3/c1-14-7-4-9-17(13-14)23(29)28-27-18-10-6-11-19-21(18)16(3)22(31-19)24(30)26-20-12-5-8-15(2)25-20/h4-5,7-9,12-13H,6,10-11H2,1-3H3,(H,28,29)(H,25,26,30)/b27-18+. The van der Waals surface area contributed by atoms with Crippen LogP contribution in [-0.4, -0.2) is 22.5 Å². The highest BCUT2D eigenvalue weighted by atomic mass is 16.4. The van der Waals surface area contributed by atoms with Crippen LogP contribution in [-0.2, 0) is 6.42 Å². The van der Waals surface area contributed by atoms with Crippen LogP contribution in [0.1, 0.15) is 61.9 Å². The molecule has 0 bridgehead atoms. The van der Waals surface area contributed by atoms with Crippen LogP contribution in [0.2, 0.25) is 0 Å². The van der Waals surface area contributed by atoms with Gasteiger partial charge in [-0.2, -0.15) is 5.10 Å². The largest absolute Gasteiger partial charge is 0.455 e. The molecule has 2 aromatic heterocycles. The van der Waals surface area contributed by atoms with Crippen LogP contribution in [0.3, 0.4) is 0 Å². The zero-order valence-corrected chi connectivity index (χ0v) is 17.8. The van der Waals surface area contributed by atoms with Crippen molar-refractivity contribution in [2.45, 2.75) is 40.0 Å². The first-order chi connectivity index (χ1) is 14.9. The van der Waals surface area contributed by atoms with Crippen LogP contribution < -0.4 is 10.7 Å². The van der Waals surface area contributed by atoms with Gasteiger partial charge in [0, 0.05) is 28.8 Å². The Balaban J connectivity index is 1.57. The fraction of sp³-hybridized carbons (Fsp3) is 0.250. The molecule has 0 unspecified atom stereocenters. The normalized spacial score (nSPS) is 14.2. The summed E-state index contributed by atoms with van der Waals surface area (Å²) >= 11 is 0. The smallest absolute Gasteiger partial charge is 0.292 e. The average Bonchev–Trinajstić information content (AvgIpc) is 3.09. The Bertz CT molecular complexity index is 1190. The van der Waals surface area contributed by atoms with Crippen molar-refractivity contribution in [3.63, 3.8) is 0 Å². The van der Waals surface area contributed by atoms with E-state index in [-0.39, 0.29) is 17.6 Å². The molecule has 1 aliphatic rings. The average molecular weight is 416 g/mol. The molecule has 0 radical (unpaired) electrons. The number of amides is 2. The van der Waals surface area contributed by atoms with Crippen LogP contribution in [0.15, 0.2) is 52.0 Å². The van der Waals surface area contributed by atoms with E-state index < -0.39 is 0 Å². The molecule has 3 aromatic rings. The number of aromatic nitrogens is 1. The molecule has 7 heteroatoms. The van der Waals surface area contributed by atoms with Gasteiger partial charge in [-0.25, -0.2) is 10.4 Å². The Labute approximate surface area is 180 Å². The van der Waals surface area contributed by atoms with E-state index in [1.165, 1.54) is 0 Å². The molecule has 1 aromatic carbocycles. The van der Waals surface area contributed by atoms with Crippen LogP contribution in [0.25, 0.3) is 0 Å². The van der Waals surface area contributed by atoms with Gasteiger partial charge in [0.25, 0.3) is 11.8 Å². The number of aryl methyl sites for hydroxylation is 3. The summed E-state index contributed by atoms with van der Waals surface area (Å²) in [5, 5.41) is 7.16. The number of hydrogen-bond donors (Lipinski definition) is 2. The van der Waals surface area contributed by atoms with Crippen molar-refractivity contribution in [2.75, 3.05) is 5.32 Å².